The third-order valence-electron chi connectivity index (χ3n) is 7.76. The molecule has 4 aromatic carbocycles. The van der Waals surface area contributed by atoms with Gasteiger partial charge in [-0.1, -0.05) is 60.7 Å². The van der Waals surface area contributed by atoms with Crippen molar-refractivity contribution in [1.29, 1.82) is 0 Å². The minimum Gasteiger partial charge on any atom is -0.310 e. The van der Waals surface area contributed by atoms with Crippen LogP contribution in [0.25, 0.3) is 11.1 Å². The zero-order chi connectivity index (χ0) is 25.0. The van der Waals surface area contributed by atoms with Crippen molar-refractivity contribution in [2.45, 2.75) is 51.4 Å². The molecule has 0 heterocycles. The first-order chi connectivity index (χ1) is 16.6. The van der Waals surface area contributed by atoms with Gasteiger partial charge in [0.05, 0.1) is 10.8 Å². The quantitative estimate of drug-likeness (QED) is 0.289. The van der Waals surface area contributed by atoms with Gasteiger partial charge in [-0.05, 0) is 98.8 Å². The van der Waals surface area contributed by atoms with Crippen molar-refractivity contribution < 1.29 is 8.78 Å². The summed E-state index contributed by atoms with van der Waals surface area (Å²) in [6.07, 6.45) is 0. The number of hydrogen-bond donors (Lipinski definition) is 0. The van der Waals surface area contributed by atoms with Crippen LogP contribution in [0.15, 0.2) is 97.1 Å². The third kappa shape index (κ3) is 3.48. The maximum atomic E-state index is 15.4. The Morgan fingerprint density at radius 2 is 1.11 bits per heavy atom. The Labute approximate surface area is 207 Å². The molecule has 0 unspecified atom stereocenters. The van der Waals surface area contributed by atoms with Crippen LogP contribution in [-0.4, -0.2) is 5.92 Å². The highest BCUT2D eigenvalue weighted by Gasteiger charge is 2.65. The first kappa shape index (κ1) is 23.3. The number of hydrogen-bond acceptors (Lipinski definition) is 1. The Kier molecular flexibility index (Phi) is 5.36. The molecule has 4 aromatic rings. The van der Waals surface area contributed by atoms with E-state index in [1.54, 1.807) is 27.7 Å². The van der Waals surface area contributed by atoms with Gasteiger partial charge < -0.3 is 4.90 Å². The topological polar surface area (TPSA) is 3.24 Å². The summed E-state index contributed by atoms with van der Waals surface area (Å²) in [6, 6.07) is 32.8. The van der Waals surface area contributed by atoms with Gasteiger partial charge in [0.25, 0.3) is 5.92 Å². The number of halogens is 2. The van der Waals surface area contributed by atoms with Gasteiger partial charge in [0.1, 0.15) is 0 Å². The van der Waals surface area contributed by atoms with E-state index in [0.29, 0.717) is 0 Å². The molecule has 0 spiro atoms. The van der Waals surface area contributed by atoms with Crippen molar-refractivity contribution >= 4 is 17.1 Å². The van der Waals surface area contributed by atoms with Crippen molar-refractivity contribution in [3.05, 3.63) is 114 Å². The summed E-state index contributed by atoms with van der Waals surface area (Å²) >= 11 is 0. The van der Waals surface area contributed by atoms with Gasteiger partial charge in [0.2, 0.25) is 0 Å². The van der Waals surface area contributed by atoms with E-state index >= 15 is 8.78 Å². The SMILES string of the molecule is Cc1ccc(N(c2ccccc2)c2ccccc2)cc1-c1ccc2c(c1)C(C)(C)C(F)(F)C2(C)C. The van der Waals surface area contributed by atoms with Gasteiger partial charge in [0, 0.05) is 17.1 Å². The van der Waals surface area contributed by atoms with Crippen LogP contribution in [0.1, 0.15) is 44.4 Å². The normalized spacial score (nSPS) is 17.1. The predicted octanol–water partition coefficient (Wildman–Crippen LogP) is 9.34. The van der Waals surface area contributed by atoms with E-state index in [9.17, 15) is 0 Å². The van der Waals surface area contributed by atoms with Crippen LogP contribution in [0, 0.1) is 6.92 Å². The predicted molar refractivity (Wildman–Crippen MR) is 142 cm³/mol. The molecule has 1 aliphatic rings. The number of nitrogens with zero attached hydrogens (tertiary/aromatic N) is 1. The Balaban J connectivity index is 1.66. The molecule has 0 bridgehead atoms. The number of rotatable bonds is 4. The lowest BCUT2D eigenvalue weighted by Crippen LogP contribution is -2.46. The van der Waals surface area contributed by atoms with Crippen LogP contribution in [0.2, 0.25) is 0 Å². The smallest absolute Gasteiger partial charge is 0.266 e. The van der Waals surface area contributed by atoms with E-state index in [2.05, 4.69) is 54.3 Å². The first-order valence-electron chi connectivity index (χ1n) is 12.1. The van der Waals surface area contributed by atoms with Crippen LogP contribution >= 0.6 is 0 Å². The summed E-state index contributed by atoms with van der Waals surface area (Å²) in [5, 5.41) is 0. The Hall–Kier alpha value is -3.46. The van der Waals surface area contributed by atoms with Gasteiger partial charge in [-0.25, -0.2) is 8.78 Å². The second kappa shape index (κ2) is 8.05. The average Bonchev–Trinajstić information content (AvgIpc) is 2.95. The summed E-state index contributed by atoms with van der Waals surface area (Å²) in [4.78, 5) is 2.22. The lowest BCUT2D eigenvalue weighted by molar-refractivity contribution is -0.105. The summed E-state index contributed by atoms with van der Waals surface area (Å²) in [7, 11) is 0. The first-order valence-corrected chi connectivity index (χ1v) is 12.1. The van der Waals surface area contributed by atoms with Crippen molar-refractivity contribution in [3.8, 4) is 11.1 Å². The molecule has 0 aromatic heterocycles. The third-order valence-corrected chi connectivity index (χ3v) is 7.76. The minimum absolute atomic E-state index is 0.734. The van der Waals surface area contributed by atoms with Crippen LogP contribution in [-0.2, 0) is 10.8 Å². The summed E-state index contributed by atoms with van der Waals surface area (Å²) in [6.45, 7) is 8.72. The Morgan fingerprint density at radius 3 is 1.69 bits per heavy atom. The molecule has 0 atom stereocenters. The highest BCUT2D eigenvalue weighted by Crippen LogP contribution is 2.59. The molecule has 0 amide bonds. The lowest BCUT2D eigenvalue weighted by Gasteiger charge is -2.35. The number of benzene rings is 4. The fourth-order valence-electron chi connectivity index (χ4n) is 5.55. The van der Waals surface area contributed by atoms with E-state index in [-0.39, 0.29) is 0 Å². The highest BCUT2D eigenvalue weighted by atomic mass is 19.3. The molecule has 0 saturated carbocycles. The molecule has 3 heteroatoms. The van der Waals surface area contributed by atoms with E-state index in [1.165, 1.54) is 0 Å². The largest absolute Gasteiger partial charge is 0.310 e. The molecule has 0 radical (unpaired) electrons. The molecule has 35 heavy (non-hydrogen) atoms. The zero-order valence-corrected chi connectivity index (χ0v) is 20.9. The summed E-state index contributed by atoms with van der Waals surface area (Å²) < 4.78 is 30.9. The molecule has 5 rings (SSSR count). The van der Waals surface area contributed by atoms with Crippen molar-refractivity contribution in [3.63, 3.8) is 0 Å². The van der Waals surface area contributed by atoms with Gasteiger partial charge >= 0.3 is 0 Å². The maximum Gasteiger partial charge on any atom is 0.266 e. The highest BCUT2D eigenvalue weighted by molar-refractivity contribution is 5.81. The molecule has 0 aliphatic heterocycles. The molecular weight excluding hydrogens is 436 g/mol. The summed E-state index contributed by atoms with van der Waals surface area (Å²) in [5.41, 5.74) is 5.28. The second-order valence-corrected chi connectivity index (χ2v) is 10.6. The number of fused-ring (bicyclic) bond motifs is 1. The minimum atomic E-state index is -2.84. The van der Waals surface area contributed by atoms with Gasteiger partial charge in [-0.3, -0.25) is 0 Å². The van der Waals surface area contributed by atoms with Crippen molar-refractivity contribution in [2.75, 3.05) is 4.90 Å². The maximum absolute atomic E-state index is 15.4. The summed E-state index contributed by atoms with van der Waals surface area (Å²) in [5.74, 6) is -2.84. The fraction of sp³-hybridized carbons (Fsp3) is 0.250. The Morgan fingerprint density at radius 1 is 0.571 bits per heavy atom. The molecule has 0 fully saturated rings. The van der Waals surface area contributed by atoms with Crippen LogP contribution < -0.4 is 4.90 Å². The molecule has 0 saturated heterocycles. The van der Waals surface area contributed by atoms with E-state index in [0.717, 1.165) is 44.9 Å². The molecular formula is C32H31F2N. The standard InChI is InChI=1S/C32H31F2N/c1-22-16-18-26(35(24-12-8-6-9-13-24)25-14-10-7-11-15-25)21-27(22)23-17-19-28-29(20-23)31(4,5)32(33,34)30(28,2)3/h6-21H,1-5H3. The van der Waals surface area contributed by atoms with Crippen molar-refractivity contribution in [1.82, 2.24) is 0 Å². The van der Waals surface area contributed by atoms with Crippen molar-refractivity contribution in [2.24, 2.45) is 0 Å². The average molecular weight is 468 g/mol. The second-order valence-electron chi connectivity index (χ2n) is 10.6. The van der Waals surface area contributed by atoms with Gasteiger partial charge in [-0.15, -0.1) is 0 Å². The van der Waals surface area contributed by atoms with Crippen LogP contribution in [0.4, 0.5) is 25.8 Å². The molecule has 178 valence electrons. The van der Waals surface area contributed by atoms with E-state index in [4.69, 9.17) is 0 Å². The number of para-hydroxylation sites is 2. The van der Waals surface area contributed by atoms with Crippen LogP contribution in [0.3, 0.4) is 0 Å². The molecule has 0 N–H and O–H groups in total. The number of anilines is 3. The lowest BCUT2D eigenvalue weighted by atomic mass is 9.77. The number of aryl methyl sites for hydroxylation is 1. The molecule has 1 aliphatic carbocycles. The molecule has 1 nitrogen and oxygen atoms in total. The Bertz CT molecular complexity index is 1330. The van der Waals surface area contributed by atoms with Gasteiger partial charge in [0.15, 0.2) is 0 Å². The van der Waals surface area contributed by atoms with Crippen LogP contribution in [0.5, 0.6) is 0 Å². The zero-order valence-electron chi connectivity index (χ0n) is 20.9. The monoisotopic (exact) mass is 467 g/mol. The van der Waals surface area contributed by atoms with E-state index in [1.807, 2.05) is 54.6 Å². The van der Waals surface area contributed by atoms with E-state index < -0.39 is 16.8 Å². The van der Waals surface area contributed by atoms with Gasteiger partial charge in [-0.2, -0.15) is 0 Å². The fourth-order valence-corrected chi connectivity index (χ4v) is 5.55. The number of alkyl halides is 2.